The van der Waals surface area contributed by atoms with Crippen LogP contribution in [0.4, 0.5) is 13.2 Å². The number of alkyl halides is 3. The number of rotatable bonds is 3. The molecule has 0 aliphatic carbocycles. The Balaban J connectivity index is 1.51. The summed E-state index contributed by atoms with van der Waals surface area (Å²) in [5, 5.41) is 0.740. The van der Waals surface area contributed by atoms with Crippen LogP contribution in [0.25, 0.3) is 22.0 Å². The number of hydrogen-bond acceptors (Lipinski definition) is 4. The first kappa shape index (κ1) is 21.1. The number of sulfonamides is 1. The van der Waals surface area contributed by atoms with Crippen molar-refractivity contribution >= 4 is 26.8 Å². The molecule has 0 saturated carbocycles. The van der Waals surface area contributed by atoms with Gasteiger partial charge in [0.05, 0.1) is 23.2 Å². The van der Waals surface area contributed by atoms with E-state index in [0.717, 1.165) is 21.8 Å². The summed E-state index contributed by atoms with van der Waals surface area (Å²) in [6.07, 6.45) is -2.90. The molecule has 1 aliphatic rings. The minimum atomic E-state index is -4.46. The van der Waals surface area contributed by atoms with Crippen LogP contribution in [0.1, 0.15) is 21.5 Å². The molecule has 5 rings (SSSR count). The normalized spacial score (nSPS) is 15.1. The minimum Gasteiger partial charge on any atom is -0.268 e. The van der Waals surface area contributed by atoms with Crippen LogP contribution in [-0.2, 0) is 22.7 Å². The van der Waals surface area contributed by atoms with Crippen molar-refractivity contribution in [2.24, 2.45) is 0 Å². The Kier molecular flexibility index (Phi) is 4.75. The van der Waals surface area contributed by atoms with E-state index >= 15 is 0 Å². The number of nitrogens with zero attached hydrogens (tertiary/aromatic N) is 2. The van der Waals surface area contributed by atoms with E-state index in [-0.39, 0.29) is 17.0 Å². The monoisotopic (exact) mass is 468 g/mol. The number of para-hydroxylation sites is 1. The SMILES string of the molecule is O=C1c2cc(-c3ccc(C(F)(F)F)cc3)ccc2S(=O)(=O)N1Cc1ccnc2ccccc12. The highest BCUT2D eigenvalue weighted by Crippen LogP contribution is 2.36. The maximum Gasteiger partial charge on any atom is 0.416 e. The van der Waals surface area contributed by atoms with Crippen LogP contribution in [0, 0.1) is 0 Å². The Labute approximate surface area is 187 Å². The lowest BCUT2D eigenvalue weighted by atomic mass is 10.0. The third-order valence-corrected chi connectivity index (χ3v) is 7.39. The van der Waals surface area contributed by atoms with E-state index in [1.165, 1.54) is 30.3 Å². The van der Waals surface area contributed by atoms with Gasteiger partial charge in [0, 0.05) is 11.6 Å². The number of amides is 1. The number of pyridine rings is 1. The standard InChI is InChI=1S/C24H15F3N2O3S/c25-24(26,27)18-8-5-15(6-9-18)16-7-10-22-20(13-16)23(30)29(33(22,31)32)14-17-11-12-28-21-4-2-1-3-19(17)21/h1-13H,14H2. The smallest absolute Gasteiger partial charge is 0.268 e. The molecule has 5 nitrogen and oxygen atoms in total. The summed E-state index contributed by atoms with van der Waals surface area (Å²) >= 11 is 0. The van der Waals surface area contributed by atoms with Gasteiger partial charge in [-0.1, -0.05) is 36.4 Å². The van der Waals surface area contributed by atoms with Crippen LogP contribution in [0.2, 0.25) is 0 Å². The summed E-state index contributed by atoms with van der Waals surface area (Å²) in [4.78, 5) is 17.2. The van der Waals surface area contributed by atoms with Gasteiger partial charge in [-0.2, -0.15) is 13.2 Å². The number of halogens is 3. The topological polar surface area (TPSA) is 67.3 Å². The van der Waals surface area contributed by atoms with Crippen LogP contribution < -0.4 is 0 Å². The number of benzene rings is 3. The highest BCUT2D eigenvalue weighted by Gasteiger charge is 2.41. The Morgan fingerprint density at radius 1 is 0.879 bits per heavy atom. The third-order valence-electron chi connectivity index (χ3n) is 5.60. The first-order valence-corrected chi connectivity index (χ1v) is 11.3. The maximum atomic E-state index is 13.1. The van der Waals surface area contributed by atoms with E-state index in [9.17, 15) is 26.4 Å². The molecule has 0 spiro atoms. The van der Waals surface area contributed by atoms with E-state index in [4.69, 9.17) is 0 Å². The number of hydrogen-bond donors (Lipinski definition) is 0. The highest BCUT2D eigenvalue weighted by molar-refractivity contribution is 7.90. The van der Waals surface area contributed by atoms with Gasteiger partial charge >= 0.3 is 6.18 Å². The van der Waals surface area contributed by atoms with Crippen molar-refractivity contribution in [2.45, 2.75) is 17.6 Å². The fourth-order valence-corrected chi connectivity index (χ4v) is 5.45. The van der Waals surface area contributed by atoms with Crippen molar-refractivity contribution < 1.29 is 26.4 Å². The zero-order chi connectivity index (χ0) is 23.4. The van der Waals surface area contributed by atoms with Crippen molar-refractivity contribution in [3.05, 3.63) is 95.7 Å². The van der Waals surface area contributed by atoms with Gasteiger partial charge in [-0.25, -0.2) is 12.7 Å². The predicted octanol–water partition coefficient (Wildman–Crippen LogP) is 5.27. The Morgan fingerprint density at radius 2 is 1.58 bits per heavy atom. The molecule has 166 valence electrons. The number of carbonyl (C=O) groups excluding carboxylic acids is 1. The number of aromatic nitrogens is 1. The molecule has 0 atom stereocenters. The van der Waals surface area contributed by atoms with E-state index in [2.05, 4.69) is 4.98 Å². The molecule has 4 aromatic rings. The van der Waals surface area contributed by atoms with Gasteiger partial charge in [-0.3, -0.25) is 9.78 Å². The van der Waals surface area contributed by atoms with Gasteiger partial charge < -0.3 is 0 Å². The minimum absolute atomic E-state index is 0.00856. The lowest BCUT2D eigenvalue weighted by Gasteiger charge is -2.16. The molecule has 1 aromatic heterocycles. The molecule has 0 N–H and O–H groups in total. The lowest BCUT2D eigenvalue weighted by Crippen LogP contribution is -2.29. The summed E-state index contributed by atoms with van der Waals surface area (Å²) < 4.78 is 65.5. The summed E-state index contributed by atoms with van der Waals surface area (Å²) in [6.45, 7) is -0.158. The predicted molar refractivity (Wildman–Crippen MR) is 116 cm³/mol. The van der Waals surface area contributed by atoms with Gasteiger partial charge in [-0.15, -0.1) is 0 Å². The van der Waals surface area contributed by atoms with Gasteiger partial charge in [-0.05, 0) is 53.1 Å². The Bertz CT molecular complexity index is 1510. The van der Waals surface area contributed by atoms with E-state index in [1.807, 2.05) is 6.07 Å². The fraction of sp³-hybridized carbons (Fsp3) is 0.0833. The van der Waals surface area contributed by atoms with Gasteiger partial charge in [0.2, 0.25) is 0 Å². The van der Waals surface area contributed by atoms with E-state index < -0.39 is 27.7 Å². The first-order valence-electron chi connectivity index (χ1n) is 9.88. The molecular weight excluding hydrogens is 453 g/mol. The van der Waals surface area contributed by atoms with Crippen LogP contribution >= 0.6 is 0 Å². The van der Waals surface area contributed by atoms with Gasteiger partial charge in [0.25, 0.3) is 15.9 Å². The molecule has 1 amide bonds. The molecular formula is C24H15F3N2O3S. The lowest BCUT2D eigenvalue weighted by molar-refractivity contribution is -0.137. The van der Waals surface area contributed by atoms with Gasteiger partial charge in [0.1, 0.15) is 4.90 Å². The molecule has 0 bridgehead atoms. The average molecular weight is 468 g/mol. The number of carbonyl (C=O) groups is 1. The molecule has 3 aromatic carbocycles. The second-order valence-corrected chi connectivity index (χ2v) is 9.42. The van der Waals surface area contributed by atoms with Crippen molar-refractivity contribution in [1.29, 1.82) is 0 Å². The largest absolute Gasteiger partial charge is 0.416 e. The summed E-state index contributed by atoms with van der Waals surface area (Å²) in [6, 6.07) is 17.6. The zero-order valence-electron chi connectivity index (χ0n) is 16.9. The summed E-state index contributed by atoms with van der Waals surface area (Å²) in [5.74, 6) is -0.681. The van der Waals surface area contributed by atoms with Crippen LogP contribution in [-0.4, -0.2) is 23.6 Å². The highest BCUT2D eigenvalue weighted by atomic mass is 32.2. The Hall–Kier alpha value is -3.72. The summed E-state index contributed by atoms with van der Waals surface area (Å²) in [7, 11) is -4.07. The molecule has 0 saturated heterocycles. The molecule has 0 radical (unpaired) electrons. The van der Waals surface area contributed by atoms with E-state index in [1.54, 1.807) is 30.5 Å². The van der Waals surface area contributed by atoms with Crippen molar-refractivity contribution in [1.82, 2.24) is 9.29 Å². The Morgan fingerprint density at radius 3 is 2.30 bits per heavy atom. The van der Waals surface area contributed by atoms with Crippen molar-refractivity contribution in [3.63, 3.8) is 0 Å². The summed E-state index contributed by atoms with van der Waals surface area (Å²) in [5.41, 5.74) is 1.40. The average Bonchev–Trinajstić information content (AvgIpc) is 2.99. The fourth-order valence-electron chi connectivity index (χ4n) is 3.92. The molecule has 0 fully saturated rings. The van der Waals surface area contributed by atoms with Crippen molar-refractivity contribution in [3.8, 4) is 11.1 Å². The second kappa shape index (κ2) is 7.41. The van der Waals surface area contributed by atoms with E-state index in [0.29, 0.717) is 22.2 Å². The van der Waals surface area contributed by atoms with Crippen LogP contribution in [0.15, 0.2) is 83.9 Å². The molecule has 1 aliphatic heterocycles. The van der Waals surface area contributed by atoms with Crippen LogP contribution in [0.5, 0.6) is 0 Å². The van der Waals surface area contributed by atoms with Crippen molar-refractivity contribution in [2.75, 3.05) is 0 Å². The third kappa shape index (κ3) is 3.54. The molecule has 9 heteroatoms. The second-order valence-electron chi connectivity index (χ2n) is 7.59. The zero-order valence-corrected chi connectivity index (χ0v) is 17.7. The maximum absolute atomic E-state index is 13.1. The molecule has 0 unspecified atom stereocenters. The quantitative estimate of drug-likeness (QED) is 0.411. The van der Waals surface area contributed by atoms with Gasteiger partial charge in [0.15, 0.2) is 0 Å². The first-order chi connectivity index (χ1) is 15.7. The van der Waals surface area contributed by atoms with Crippen LogP contribution in [0.3, 0.4) is 0 Å². The molecule has 33 heavy (non-hydrogen) atoms. The number of fused-ring (bicyclic) bond motifs is 2. The molecule has 2 heterocycles.